The molecule has 1 aromatic carbocycles. The lowest BCUT2D eigenvalue weighted by Gasteiger charge is -2.21. The number of anilines is 1. The van der Waals surface area contributed by atoms with Crippen LogP contribution >= 0.6 is 0 Å². The number of aromatic nitrogens is 4. The second kappa shape index (κ2) is 9.57. The standard InChI is InChI=1S/C25H28N6O4/c1-15-9-10-17(13-18(15)28-23(32)19-14-26-20-8-6-7-11-31(19)20)22-29-21(35-30-22)12-16(2)27-24(33)34-25(3,4)5/h6-11,13-14,16H,12H2,1-5H3,(H,27,33)(H,28,32)/t16-/m1/s1. The second-order valence-corrected chi connectivity index (χ2v) is 9.32. The molecule has 0 aliphatic carbocycles. The summed E-state index contributed by atoms with van der Waals surface area (Å²) in [6.07, 6.45) is 3.17. The minimum atomic E-state index is -0.578. The molecule has 3 heterocycles. The normalized spacial score (nSPS) is 12.4. The molecule has 0 saturated carbocycles. The molecule has 35 heavy (non-hydrogen) atoms. The molecule has 0 fully saturated rings. The molecule has 4 rings (SSSR count). The third kappa shape index (κ3) is 5.84. The number of alkyl carbamates (subject to hydrolysis) is 1. The number of hydrogen-bond donors (Lipinski definition) is 2. The molecule has 0 spiro atoms. The molecule has 10 nitrogen and oxygen atoms in total. The topological polar surface area (TPSA) is 124 Å². The van der Waals surface area contributed by atoms with Gasteiger partial charge in [0.05, 0.1) is 6.20 Å². The first-order chi connectivity index (χ1) is 16.6. The zero-order valence-corrected chi connectivity index (χ0v) is 20.3. The Hall–Kier alpha value is -4.21. The molecule has 0 aliphatic rings. The van der Waals surface area contributed by atoms with Crippen LogP contribution in [0.25, 0.3) is 17.0 Å². The number of benzene rings is 1. The Bertz CT molecular complexity index is 1370. The summed E-state index contributed by atoms with van der Waals surface area (Å²) in [5.74, 6) is 0.481. The highest BCUT2D eigenvalue weighted by molar-refractivity contribution is 6.04. The van der Waals surface area contributed by atoms with Crippen molar-refractivity contribution in [1.82, 2.24) is 24.8 Å². The number of pyridine rings is 1. The van der Waals surface area contributed by atoms with Crippen LogP contribution in [0.3, 0.4) is 0 Å². The summed E-state index contributed by atoms with van der Waals surface area (Å²) in [7, 11) is 0. The fourth-order valence-corrected chi connectivity index (χ4v) is 3.46. The quantitative estimate of drug-likeness (QED) is 0.423. The number of fused-ring (bicyclic) bond motifs is 1. The molecule has 10 heteroatoms. The van der Waals surface area contributed by atoms with E-state index in [1.54, 1.807) is 43.6 Å². The number of rotatable bonds is 6. The first-order valence-electron chi connectivity index (χ1n) is 11.3. The first-order valence-corrected chi connectivity index (χ1v) is 11.3. The average molecular weight is 477 g/mol. The van der Waals surface area contributed by atoms with Gasteiger partial charge in [-0.25, -0.2) is 9.78 Å². The molecule has 0 unspecified atom stereocenters. The monoisotopic (exact) mass is 476 g/mol. The van der Waals surface area contributed by atoms with Gasteiger partial charge in [0.15, 0.2) is 0 Å². The number of carbonyl (C=O) groups is 2. The minimum absolute atomic E-state index is 0.267. The van der Waals surface area contributed by atoms with Crippen molar-refractivity contribution in [1.29, 1.82) is 0 Å². The zero-order chi connectivity index (χ0) is 25.2. The summed E-state index contributed by atoms with van der Waals surface area (Å²) < 4.78 is 12.4. The van der Waals surface area contributed by atoms with Crippen LogP contribution in [-0.2, 0) is 11.2 Å². The van der Waals surface area contributed by atoms with Crippen molar-refractivity contribution >= 4 is 23.3 Å². The van der Waals surface area contributed by atoms with Crippen molar-refractivity contribution in [2.45, 2.75) is 52.7 Å². The van der Waals surface area contributed by atoms with E-state index in [2.05, 4.69) is 25.8 Å². The van der Waals surface area contributed by atoms with Gasteiger partial charge >= 0.3 is 6.09 Å². The SMILES string of the molecule is Cc1ccc(-c2noc(C[C@@H](C)NC(=O)OC(C)(C)C)n2)cc1NC(=O)c1cnc2ccccn12. The first kappa shape index (κ1) is 23.9. The Kier molecular flexibility index (Phi) is 6.54. The van der Waals surface area contributed by atoms with Gasteiger partial charge in [0.2, 0.25) is 11.7 Å². The van der Waals surface area contributed by atoms with Crippen LogP contribution in [-0.4, -0.2) is 43.2 Å². The number of carbonyl (C=O) groups excluding carboxylic acids is 2. The maximum atomic E-state index is 12.9. The predicted octanol–water partition coefficient (Wildman–Crippen LogP) is 4.40. The van der Waals surface area contributed by atoms with E-state index < -0.39 is 11.7 Å². The summed E-state index contributed by atoms with van der Waals surface area (Å²) in [5.41, 5.74) is 2.74. The van der Waals surface area contributed by atoms with Crippen molar-refractivity contribution < 1.29 is 18.8 Å². The Balaban J connectivity index is 1.45. The molecular formula is C25H28N6O4. The molecule has 0 aliphatic heterocycles. The van der Waals surface area contributed by atoms with Crippen LogP contribution in [0.5, 0.6) is 0 Å². The van der Waals surface area contributed by atoms with Gasteiger partial charge in [-0.2, -0.15) is 4.98 Å². The second-order valence-electron chi connectivity index (χ2n) is 9.32. The molecule has 182 valence electrons. The lowest BCUT2D eigenvalue weighted by Crippen LogP contribution is -2.38. The maximum absolute atomic E-state index is 12.9. The van der Waals surface area contributed by atoms with Crippen molar-refractivity contribution in [2.75, 3.05) is 5.32 Å². The van der Waals surface area contributed by atoms with Crippen molar-refractivity contribution in [3.05, 3.63) is 65.9 Å². The Labute approximate surface area is 202 Å². The van der Waals surface area contributed by atoms with Crippen LogP contribution in [0.1, 0.15) is 49.6 Å². The molecule has 4 aromatic rings. The average Bonchev–Trinajstić information content (AvgIpc) is 3.41. The molecule has 1 atom stereocenters. The Morgan fingerprint density at radius 2 is 2.00 bits per heavy atom. The highest BCUT2D eigenvalue weighted by Crippen LogP contribution is 2.24. The molecular weight excluding hydrogens is 448 g/mol. The van der Waals surface area contributed by atoms with Gasteiger partial charge in [0.1, 0.15) is 16.9 Å². The summed E-state index contributed by atoms with van der Waals surface area (Å²) in [5, 5.41) is 9.76. The van der Waals surface area contributed by atoms with E-state index >= 15 is 0 Å². The van der Waals surface area contributed by atoms with Gasteiger partial charge < -0.3 is 19.9 Å². The summed E-state index contributed by atoms with van der Waals surface area (Å²) in [4.78, 5) is 33.6. The van der Waals surface area contributed by atoms with E-state index in [-0.39, 0.29) is 11.9 Å². The fourth-order valence-electron chi connectivity index (χ4n) is 3.46. The third-order valence-corrected chi connectivity index (χ3v) is 5.11. The number of aryl methyl sites for hydroxylation is 1. The number of nitrogens with one attached hydrogen (secondary N) is 2. The van der Waals surface area contributed by atoms with Gasteiger partial charge in [0, 0.05) is 29.9 Å². The van der Waals surface area contributed by atoms with Crippen molar-refractivity contribution in [3.63, 3.8) is 0 Å². The number of ether oxygens (including phenoxy) is 1. The van der Waals surface area contributed by atoms with Crippen LogP contribution < -0.4 is 10.6 Å². The number of imidazole rings is 1. The Morgan fingerprint density at radius 1 is 1.20 bits per heavy atom. The Morgan fingerprint density at radius 3 is 2.77 bits per heavy atom. The molecule has 2 amide bonds. The molecule has 0 bridgehead atoms. The number of nitrogens with zero attached hydrogens (tertiary/aromatic N) is 4. The van der Waals surface area contributed by atoms with Gasteiger partial charge in [0.25, 0.3) is 5.91 Å². The highest BCUT2D eigenvalue weighted by atomic mass is 16.6. The molecule has 0 saturated heterocycles. The lowest BCUT2D eigenvalue weighted by molar-refractivity contribution is 0.0507. The van der Waals surface area contributed by atoms with Crippen LogP contribution in [0.2, 0.25) is 0 Å². The van der Waals surface area contributed by atoms with Gasteiger partial charge in [-0.1, -0.05) is 23.4 Å². The van der Waals surface area contributed by atoms with Gasteiger partial charge in [-0.15, -0.1) is 0 Å². The van der Waals surface area contributed by atoms with E-state index in [1.807, 2.05) is 44.2 Å². The predicted molar refractivity (Wildman–Crippen MR) is 130 cm³/mol. The number of amides is 2. The smallest absolute Gasteiger partial charge is 0.407 e. The van der Waals surface area contributed by atoms with Crippen LogP contribution in [0, 0.1) is 6.92 Å². The minimum Gasteiger partial charge on any atom is -0.444 e. The van der Waals surface area contributed by atoms with Crippen molar-refractivity contribution in [2.24, 2.45) is 0 Å². The fraction of sp³-hybridized carbons (Fsp3) is 0.320. The molecule has 2 N–H and O–H groups in total. The van der Waals surface area contributed by atoms with Crippen molar-refractivity contribution in [3.8, 4) is 11.4 Å². The van der Waals surface area contributed by atoms with E-state index in [9.17, 15) is 9.59 Å². The van der Waals surface area contributed by atoms with Gasteiger partial charge in [-0.05, 0) is 58.4 Å². The molecule has 0 radical (unpaired) electrons. The summed E-state index contributed by atoms with van der Waals surface area (Å²) >= 11 is 0. The maximum Gasteiger partial charge on any atom is 0.407 e. The molecule has 3 aromatic heterocycles. The summed E-state index contributed by atoms with van der Waals surface area (Å²) in [6.45, 7) is 9.14. The highest BCUT2D eigenvalue weighted by Gasteiger charge is 2.20. The summed E-state index contributed by atoms with van der Waals surface area (Å²) in [6, 6.07) is 10.8. The lowest BCUT2D eigenvalue weighted by atomic mass is 10.1. The largest absolute Gasteiger partial charge is 0.444 e. The van der Waals surface area contributed by atoms with E-state index in [4.69, 9.17) is 9.26 Å². The van der Waals surface area contributed by atoms with Crippen LogP contribution in [0.4, 0.5) is 10.5 Å². The van der Waals surface area contributed by atoms with Gasteiger partial charge in [-0.3, -0.25) is 9.20 Å². The van der Waals surface area contributed by atoms with E-state index in [0.29, 0.717) is 40.7 Å². The number of hydrogen-bond acceptors (Lipinski definition) is 7. The third-order valence-electron chi connectivity index (χ3n) is 5.11. The zero-order valence-electron chi connectivity index (χ0n) is 20.3. The van der Waals surface area contributed by atoms with E-state index in [1.165, 1.54) is 0 Å². The van der Waals surface area contributed by atoms with E-state index in [0.717, 1.165) is 5.56 Å². The van der Waals surface area contributed by atoms with Crippen LogP contribution in [0.15, 0.2) is 53.3 Å².